The van der Waals surface area contributed by atoms with Gasteiger partial charge in [0.2, 0.25) is 0 Å². The zero-order valence-electron chi connectivity index (χ0n) is 19.3. The maximum Gasteiger partial charge on any atom is 0.321 e. The lowest BCUT2D eigenvalue weighted by Gasteiger charge is -2.39. The number of para-hydroxylation sites is 1. The summed E-state index contributed by atoms with van der Waals surface area (Å²) in [5.41, 5.74) is 3.28. The number of rotatable bonds is 4. The number of carbonyl (C=O) groups excluding carboxylic acids is 1. The van der Waals surface area contributed by atoms with Gasteiger partial charge in [-0.1, -0.05) is 43.3 Å². The Morgan fingerprint density at radius 2 is 1.75 bits per heavy atom. The van der Waals surface area contributed by atoms with Crippen molar-refractivity contribution in [3.63, 3.8) is 0 Å². The summed E-state index contributed by atoms with van der Waals surface area (Å²) < 4.78 is 0. The Morgan fingerprint density at radius 1 is 1.03 bits per heavy atom. The van der Waals surface area contributed by atoms with Gasteiger partial charge in [0.15, 0.2) is 0 Å². The van der Waals surface area contributed by atoms with Crippen LogP contribution in [0.2, 0.25) is 0 Å². The highest BCUT2D eigenvalue weighted by atomic mass is 16.2. The molecule has 1 atom stereocenters. The quantitative estimate of drug-likeness (QED) is 0.785. The normalized spacial score (nSPS) is 21.6. The summed E-state index contributed by atoms with van der Waals surface area (Å²) >= 11 is 0. The Balaban J connectivity index is 1.51. The van der Waals surface area contributed by atoms with Crippen molar-refractivity contribution in [2.45, 2.75) is 38.6 Å². The molecule has 2 aliphatic rings. The van der Waals surface area contributed by atoms with Gasteiger partial charge in [0, 0.05) is 50.7 Å². The number of nitriles is 1. The highest BCUT2D eigenvalue weighted by Crippen LogP contribution is 2.35. The van der Waals surface area contributed by atoms with Crippen LogP contribution in [0.15, 0.2) is 48.5 Å². The summed E-state index contributed by atoms with van der Waals surface area (Å²) in [6, 6.07) is 18.8. The monoisotopic (exact) mass is 431 g/mol. The number of urea groups is 1. The van der Waals surface area contributed by atoms with Crippen molar-refractivity contribution in [2.24, 2.45) is 0 Å². The van der Waals surface area contributed by atoms with E-state index in [1.807, 2.05) is 23.1 Å². The molecule has 2 fully saturated rings. The summed E-state index contributed by atoms with van der Waals surface area (Å²) in [5.74, 6) is 0. The third kappa shape index (κ3) is 4.44. The number of carbonyl (C=O) groups is 1. The van der Waals surface area contributed by atoms with E-state index < -0.39 is 0 Å². The predicted octanol–water partition coefficient (Wildman–Crippen LogP) is 4.28. The topological polar surface area (TPSA) is 62.6 Å². The molecule has 4 rings (SSSR count). The van der Waals surface area contributed by atoms with Crippen LogP contribution in [0.3, 0.4) is 0 Å². The van der Waals surface area contributed by atoms with E-state index in [1.165, 1.54) is 5.56 Å². The van der Waals surface area contributed by atoms with Crippen LogP contribution in [0.1, 0.15) is 38.3 Å². The van der Waals surface area contributed by atoms with Gasteiger partial charge in [-0.15, -0.1) is 0 Å². The minimum Gasteiger partial charge on any atom is -0.367 e. The number of nitrogens with zero attached hydrogens (tertiary/aromatic N) is 4. The number of hydrogen-bond donors (Lipinski definition) is 1. The Labute approximate surface area is 191 Å². The molecule has 0 aromatic heterocycles. The molecular formula is C26H33N5O. The second kappa shape index (κ2) is 9.22. The molecule has 6 heteroatoms. The van der Waals surface area contributed by atoms with Crippen LogP contribution in [-0.4, -0.2) is 61.1 Å². The molecule has 0 radical (unpaired) electrons. The molecule has 2 aliphatic heterocycles. The van der Waals surface area contributed by atoms with Crippen molar-refractivity contribution < 1.29 is 4.79 Å². The average molecular weight is 432 g/mol. The van der Waals surface area contributed by atoms with E-state index in [-0.39, 0.29) is 11.4 Å². The fourth-order valence-corrected chi connectivity index (χ4v) is 4.90. The van der Waals surface area contributed by atoms with Crippen molar-refractivity contribution in [3.05, 3.63) is 59.7 Å². The molecule has 2 saturated heterocycles. The maximum absolute atomic E-state index is 13.3. The van der Waals surface area contributed by atoms with Crippen molar-refractivity contribution in [2.75, 3.05) is 49.5 Å². The molecule has 0 spiro atoms. The van der Waals surface area contributed by atoms with Crippen LogP contribution < -0.4 is 10.2 Å². The van der Waals surface area contributed by atoms with Crippen LogP contribution in [0.4, 0.5) is 16.2 Å². The minimum absolute atomic E-state index is 0.0522. The molecule has 0 saturated carbocycles. The third-order valence-electron chi connectivity index (χ3n) is 7.01. The van der Waals surface area contributed by atoms with Crippen LogP contribution in [0.25, 0.3) is 0 Å². The molecule has 2 amide bonds. The zero-order chi connectivity index (χ0) is 22.7. The first-order chi connectivity index (χ1) is 15.4. The first-order valence-electron chi connectivity index (χ1n) is 11.5. The lowest BCUT2D eigenvalue weighted by Crippen LogP contribution is -2.49. The number of amides is 2. The lowest BCUT2D eigenvalue weighted by molar-refractivity contribution is 0.209. The molecule has 32 heavy (non-hydrogen) atoms. The van der Waals surface area contributed by atoms with Crippen LogP contribution in [0.5, 0.6) is 0 Å². The first-order valence-corrected chi connectivity index (χ1v) is 11.5. The molecule has 1 N–H and O–H groups in total. The number of nitrogens with one attached hydrogen (secondary N) is 1. The highest BCUT2D eigenvalue weighted by molar-refractivity contribution is 5.95. The summed E-state index contributed by atoms with van der Waals surface area (Å²) in [6.45, 7) is 11.7. The second-order valence-electron chi connectivity index (χ2n) is 9.46. The first kappa shape index (κ1) is 22.2. The summed E-state index contributed by atoms with van der Waals surface area (Å²) in [5, 5.41) is 12.8. The number of hydrogen-bond acceptors (Lipinski definition) is 4. The smallest absolute Gasteiger partial charge is 0.321 e. The number of anilines is 2. The van der Waals surface area contributed by atoms with Gasteiger partial charge in [0.25, 0.3) is 0 Å². The van der Waals surface area contributed by atoms with Gasteiger partial charge >= 0.3 is 6.03 Å². The van der Waals surface area contributed by atoms with Gasteiger partial charge in [-0.2, -0.15) is 5.26 Å². The minimum atomic E-state index is -0.130. The number of piperazine rings is 1. The Kier molecular flexibility index (Phi) is 6.38. The summed E-state index contributed by atoms with van der Waals surface area (Å²) in [6.07, 6.45) is 0.925. The Bertz CT molecular complexity index is 991. The second-order valence-corrected chi connectivity index (χ2v) is 9.46. The number of benzene rings is 2. The fraction of sp³-hybridized carbons (Fsp3) is 0.462. The lowest BCUT2D eigenvalue weighted by atomic mass is 9.82. The Morgan fingerprint density at radius 3 is 2.41 bits per heavy atom. The summed E-state index contributed by atoms with van der Waals surface area (Å²) in [7, 11) is 0. The van der Waals surface area contributed by atoms with Gasteiger partial charge in [0.1, 0.15) is 6.07 Å². The molecule has 6 nitrogen and oxygen atoms in total. The van der Waals surface area contributed by atoms with Crippen LogP contribution in [0, 0.1) is 11.3 Å². The van der Waals surface area contributed by atoms with E-state index in [0.29, 0.717) is 30.4 Å². The van der Waals surface area contributed by atoms with Crippen molar-refractivity contribution >= 4 is 17.4 Å². The molecule has 2 aromatic rings. The van der Waals surface area contributed by atoms with Crippen molar-refractivity contribution in [3.8, 4) is 6.07 Å². The van der Waals surface area contributed by atoms with Crippen molar-refractivity contribution in [1.29, 1.82) is 5.26 Å². The largest absolute Gasteiger partial charge is 0.367 e. The average Bonchev–Trinajstić information content (AvgIpc) is 3.23. The van der Waals surface area contributed by atoms with E-state index in [9.17, 15) is 10.1 Å². The summed E-state index contributed by atoms with van der Waals surface area (Å²) in [4.78, 5) is 19.9. The molecule has 168 valence electrons. The van der Waals surface area contributed by atoms with Crippen molar-refractivity contribution in [1.82, 2.24) is 9.80 Å². The molecule has 2 heterocycles. The number of likely N-dealkylation sites (tertiary alicyclic amines) is 1. The van der Waals surface area contributed by atoms with Crippen LogP contribution in [-0.2, 0) is 5.41 Å². The zero-order valence-corrected chi connectivity index (χ0v) is 19.3. The fourth-order valence-electron chi connectivity index (χ4n) is 4.90. The van der Waals surface area contributed by atoms with E-state index in [1.54, 1.807) is 6.07 Å². The Hall–Kier alpha value is -3.04. The molecule has 0 unspecified atom stereocenters. The third-order valence-corrected chi connectivity index (χ3v) is 7.01. The van der Waals surface area contributed by atoms with Gasteiger partial charge in [-0.3, -0.25) is 4.90 Å². The highest BCUT2D eigenvalue weighted by Gasteiger charge is 2.37. The van der Waals surface area contributed by atoms with E-state index in [0.717, 1.165) is 38.3 Å². The van der Waals surface area contributed by atoms with Crippen LogP contribution >= 0.6 is 0 Å². The van der Waals surface area contributed by atoms with Gasteiger partial charge < -0.3 is 15.1 Å². The van der Waals surface area contributed by atoms with E-state index in [2.05, 4.69) is 66.2 Å². The standard InChI is InChI=1S/C26H33N5O/c1-20(2)29-14-16-30(17-15-29)23-11-7-8-21(18-27)24(23)28-25(32)31-13-12-26(3,19-31)22-9-5-4-6-10-22/h4-11,20H,12-17,19H2,1-3H3,(H,28,32)/t26-/m0/s1. The van der Waals surface area contributed by atoms with Gasteiger partial charge in [-0.25, -0.2) is 4.79 Å². The van der Waals surface area contributed by atoms with E-state index in [4.69, 9.17) is 0 Å². The molecule has 0 bridgehead atoms. The maximum atomic E-state index is 13.3. The molecule has 2 aromatic carbocycles. The molecular weight excluding hydrogens is 398 g/mol. The van der Waals surface area contributed by atoms with Gasteiger partial charge in [-0.05, 0) is 38.0 Å². The SMILES string of the molecule is CC(C)N1CCN(c2cccc(C#N)c2NC(=O)N2CC[C@](C)(c3ccccc3)C2)CC1. The van der Waals surface area contributed by atoms with Gasteiger partial charge in [0.05, 0.1) is 16.9 Å². The molecule has 0 aliphatic carbocycles. The van der Waals surface area contributed by atoms with E-state index >= 15 is 0 Å². The predicted molar refractivity (Wildman–Crippen MR) is 129 cm³/mol.